The van der Waals surface area contributed by atoms with Crippen molar-refractivity contribution in [1.29, 1.82) is 0 Å². The number of hydrogen-bond donors (Lipinski definition) is 1. The molecule has 2 aromatic heterocycles. The molecule has 3 aromatic rings. The Morgan fingerprint density at radius 3 is 2.70 bits per heavy atom. The van der Waals surface area contributed by atoms with Gasteiger partial charge in [0, 0.05) is 16.3 Å². The number of aromatic nitrogens is 2. The van der Waals surface area contributed by atoms with Crippen LogP contribution in [0, 0.1) is 12.7 Å². The SMILES string of the molecule is CC(=NCc1cccs1)c1c(C)[nH]n(-c2ccc(F)cc2)c1=O. The molecule has 118 valence electrons. The third-order valence-electron chi connectivity index (χ3n) is 3.57. The molecule has 23 heavy (non-hydrogen) atoms. The van der Waals surface area contributed by atoms with Crippen LogP contribution in [0.1, 0.15) is 23.1 Å². The van der Waals surface area contributed by atoms with E-state index in [1.165, 1.54) is 16.8 Å². The second kappa shape index (κ2) is 6.34. The molecule has 0 aliphatic heterocycles. The lowest BCUT2D eigenvalue weighted by Crippen LogP contribution is -2.19. The quantitative estimate of drug-likeness (QED) is 0.729. The number of aryl methyl sites for hydroxylation is 1. The van der Waals surface area contributed by atoms with Gasteiger partial charge in [0.05, 0.1) is 17.8 Å². The lowest BCUT2D eigenvalue weighted by molar-refractivity contribution is 0.627. The van der Waals surface area contributed by atoms with Crippen molar-refractivity contribution >= 4 is 17.0 Å². The smallest absolute Gasteiger partial charge is 0.280 e. The summed E-state index contributed by atoms with van der Waals surface area (Å²) in [4.78, 5) is 18.3. The van der Waals surface area contributed by atoms with Gasteiger partial charge in [-0.25, -0.2) is 9.07 Å². The fourth-order valence-electron chi connectivity index (χ4n) is 2.42. The van der Waals surface area contributed by atoms with E-state index in [4.69, 9.17) is 0 Å². The van der Waals surface area contributed by atoms with E-state index in [0.29, 0.717) is 23.5 Å². The molecule has 1 aromatic carbocycles. The minimum absolute atomic E-state index is 0.179. The van der Waals surface area contributed by atoms with Crippen molar-refractivity contribution in [2.75, 3.05) is 0 Å². The zero-order valence-corrected chi connectivity index (χ0v) is 13.7. The molecule has 0 bridgehead atoms. The van der Waals surface area contributed by atoms with E-state index in [9.17, 15) is 9.18 Å². The zero-order chi connectivity index (χ0) is 16.4. The molecule has 4 nitrogen and oxygen atoms in total. The number of aliphatic imine (C=N–C) groups is 1. The summed E-state index contributed by atoms with van der Waals surface area (Å²) in [6, 6.07) is 9.78. The summed E-state index contributed by atoms with van der Waals surface area (Å²) < 4.78 is 14.4. The van der Waals surface area contributed by atoms with Crippen LogP contribution in [0.15, 0.2) is 51.6 Å². The van der Waals surface area contributed by atoms with Crippen LogP contribution in [-0.2, 0) is 6.54 Å². The monoisotopic (exact) mass is 329 g/mol. The zero-order valence-electron chi connectivity index (χ0n) is 12.8. The Kier molecular flexibility index (Phi) is 4.25. The highest BCUT2D eigenvalue weighted by molar-refractivity contribution is 7.09. The lowest BCUT2D eigenvalue weighted by atomic mass is 10.2. The molecular formula is C17H16FN3OS. The molecule has 0 amide bonds. The highest BCUT2D eigenvalue weighted by Gasteiger charge is 2.14. The summed E-state index contributed by atoms with van der Waals surface area (Å²) in [6.07, 6.45) is 0. The van der Waals surface area contributed by atoms with E-state index < -0.39 is 0 Å². The molecule has 0 fully saturated rings. The maximum absolute atomic E-state index is 13.0. The number of nitrogens with zero attached hydrogens (tertiary/aromatic N) is 2. The Morgan fingerprint density at radius 2 is 2.04 bits per heavy atom. The lowest BCUT2D eigenvalue weighted by Gasteiger charge is -2.00. The molecule has 6 heteroatoms. The largest absolute Gasteiger partial charge is 0.295 e. The number of hydrogen-bond acceptors (Lipinski definition) is 3. The topological polar surface area (TPSA) is 50.1 Å². The van der Waals surface area contributed by atoms with E-state index in [0.717, 1.165) is 10.6 Å². The van der Waals surface area contributed by atoms with Gasteiger partial charge < -0.3 is 0 Å². The molecule has 0 aliphatic carbocycles. The van der Waals surface area contributed by atoms with Gasteiger partial charge >= 0.3 is 0 Å². The van der Waals surface area contributed by atoms with Crippen LogP contribution in [0.25, 0.3) is 5.69 Å². The summed E-state index contributed by atoms with van der Waals surface area (Å²) in [6.45, 7) is 4.23. The van der Waals surface area contributed by atoms with E-state index in [-0.39, 0.29) is 11.4 Å². The van der Waals surface area contributed by atoms with Crippen molar-refractivity contribution in [3.05, 3.63) is 74.1 Å². The molecule has 0 saturated heterocycles. The molecular weight excluding hydrogens is 313 g/mol. The Bertz CT molecular complexity index is 889. The van der Waals surface area contributed by atoms with Crippen LogP contribution in [0.3, 0.4) is 0 Å². The molecule has 0 spiro atoms. The van der Waals surface area contributed by atoms with Gasteiger partial charge in [-0.15, -0.1) is 11.3 Å². The maximum atomic E-state index is 13.0. The first-order valence-corrected chi connectivity index (χ1v) is 8.05. The van der Waals surface area contributed by atoms with Gasteiger partial charge in [-0.05, 0) is 49.6 Å². The van der Waals surface area contributed by atoms with Gasteiger partial charge in [-0.3, -0.25) is 14.9 Å². The number of nitrogens with one attached hydrogen (secondary N) is 1. The number of benzene rings is 1. The number of rotatable bonds is 4. The standard InChI is InChI=1S/C17H16FN3OS/c1-11(19-10-15-4-3-9-23-15)16-12(2)20-21(17(16)22)14-7-5-13(18)6-8-14/h3-9,20H,10H2,1-2H3. The summed E-state index contributed by atoms with van der Waals surface area (Å²) in [5.41, 5.74) is 2.41. The van der Waals surface area contributed by atoms with Crippen LogP contribution >= 0.6 is 11.3 Å². The third kappa shape index (κ3) is 3.17. The van der Waals surface area contributed by atoms with Gasteiger partial charge in [-0.1, -0.05) is 6.07 Å². The van der Waals surface area contributed by atoms with Crippen molar-refractivity contribution in [2.24, 2.45) is 4.99 Å². The highest BCUT2D eigenvalue weighted by Crippen LogP contribution is 2.12. The number of H-pyrrole nitrogens is 1. The Balaban J connectivity index is 1.96. The summed E-state index contributed by atoms with van der Waals surface area (Å²) in [5, 5.41) is 5.03. The number of thiophene rings is 1. The summed E-state index contributed by atoms with van der Waals surface area (Å²) in [5.74, 6) is -0.334. The Morgan fingerprint density at radius 1 is 1.30 bits per heavy atom. The predicted molar refractivity (Wildman–Crippen MR) is 91.3 cm³/mol. The van der Waals surface area contributed by atoms with E-state index in [1.807, 2.05) is 31.4 Å². The molecule has 0 atom stereocenters. The van der Waals surface area contributed by atoms with Crippen molar-refractivity contribution in [2.45, 2.75) is 20.4 Å². The third-order valence-corrected chi connectivity index (χ3v) is 4.43. The maximum Gasteiger partial charge on any atom is 0.280 e. The van der Waals surface area contributed by atoms with Crippen LogP contribution in [0.4, 0.5) is 4.39 Å². The normalized spacial score (nSPS) is 11.9. The minimum atomic E-state index is -0.334. The van der Waals surface area contributed by atoms with E-state index in [1.54, 1.807) is 23.5 Å². The minimum Gasteiger partial charge on any atom is -0.295 e. The first kappa shape index (κ1) is 15.4. The van der Waals surface area contributed by atoms with Gasteiger partial charge in [-0.2, -0.15) is 0 Å². The Labute approximate surface area is 136 Å². The van der Waals surface area contributed by atoms with E-state index in [2.05, 4.69) is 10.1 Å². The average Bonchev–Trinajstić information content (AvgIpc) is 3.14. The second-order valence-corrected chi connectivity index (χ2v) is 6.24. The molecule has 1 N–H and O–H groups in total. The van der Waals surface area contributed by atoms with Crippen molar-refractivity contribution in [3.8, 4) is 5.69 Å². The second-order valence-electron chi connectivity index (χ2n) is 5.21. The predicted octanol–water partition coefficient (Wildman–Crippen LogP) is 3.68. The molecule has 3 rings (SSSR count). The molecule has 0 unspecified atom stereocenters. The number of aromatic amines is 1. The van der Waals surface area contributed by atoms with Crippen LogP contribution < -0.4 is 5.56 Å². The molecule has 0 radical (unpaired) electrons. The van der Waals surface area contributed by atoms with Gasteiger partial charge in [0.15, 0.2) is 0 Å². The highest BCUT2D eigenvalue weighted by atomic mass is 32.1. The van der Waals surface area contributed by atoms with E-state index >= 15 is 0 Å². The first-order chi connectivity index (χ1) is 11.1. The van der Waals surface area contributed by atoms with Crippen LogP contribution in [0.2, 0.25) is 0 Å². The fraction of sp³-hybridized carbons (Fsp3) is 0.176. The van der Waals surface area contributed by atoms with Gasteiger partial charge in [0.25, 0.3) is 5.56 Å². The number of halogens is 1. The van der Waals surface area contributed by atoms with Crippen molar-refractivity contribution < 1.29 is 4.39 Å². The van der Waals surface area contributed by atoms with Crippen LogP contribution in [-0.4, -0.2) is 15.5 Å². The van der Waals surface area contributed by atoms with Crippen molar-refractivity contribution in [3.63, 3.8) is 0 Å². The molecule has 2 heterocycles. The Hall–Kier alpha value is -2.47. The fourth-order valence-corrected chi connectivity index (χ4v) is 3.05. The molecule has 0 aliphatic rings. The van der Waals surface area contributed by atoms with Crippen molar-refractivity contribution in [1.82, 2.24) is 9.78 Å². The molecule has 0 saturated carbocycles. The van der Waals surface area contributed by atoms with Gasteiger partial charge in [0.2, 0.25) is 0 Å². The van der Waals surface area contributed by atoms with Crippen LogP contribution in [0.5, 0.6) is 0 Å². The summed E-state index contributed by atoms with van der Waals surface area (Å²) >= 11 is 1.64. The first-order valence-electron chi connectivity index (χ1n) is 7.17. The average molecular weight is 329 g/mol. The summed E-state index contributed by atoms with van der Waals surface area (Å²) in [7, 11) is 0. The van der Waals surface area contributed by atoms with Gasteiger partial charge in [0.1, 0.15) is 5.82 Å².